The lowest BCUT2D eigenvalue weighted by molar-refractivity contribution is 0.102. The van der Waals surface area contributed by atoms with Crippen LogP contribution in [0.2, 0.25) is 10.0 Å². The Morgan fingerprint density at radius 3 is 2.75 bits per heavy atom. The van der Waals surface area contributed by atoms with Crippen molar-refractivity contribution in [2.75, 3.05) is 5.32 Å². The maximum atomic E-state index is 11.7. The number of carbonyl (C=O) groups is 1. The molecule has 6 heteroatoms. The Kier molecular flexibility index (Phi) is 3.12. The Morgan fingerprint density at radius 1 is 1.31 bits per heavy atom. The minimum Gasteiger partial charge on any atom is -0.363 e. The Hall–Kier alpha value is -1.52. The molecule has 0 saturated heterocycles. The largest absolute Gasteiger partial charge is 0.363 e. The molecular weight excluding hydrogens is 251 g/mol. The number of anilines is 1. The van der Waals surface area contributed by atoms with Gasteiger partial charge in [0.25, 0.3) is 5.91 Å². The van der Waals surface area contributed by atoms with Crippen LogP contribution in [0.4, 0.5) is 5.82 Å². The maximum Gasteiger partial charge on any atom is 0.258 e. The van der Waals surface area contributed by atoms with Crippen molar-refractivity contribution in [2.45, 2.75) is 0 Å². The number of nitrogens with one attached hydrogen (secondary N) is 1. The average Bonchev–Trinajstić information content (AvgIpc) is 2.70. The molecule has 0 bridgehead atoms. The van der Waals surface area contributed by atoms with E-state index in [-0.39, 0.29) is 10.9 Å². The predicted octanol–water partition coefficient (Wildman–Crippen LogP) is 3.23. The fourth-order valence-electron chi connectivity index (χ4n) is 1.13. The molecule has 0 aliphatic rings. The molecule has 1 aromatic heterocycles. The molecule has 0 fully saturated rings. The number of aromatic nitrogens is 1. The van der Waals surface area contributed by atoms with E-state index in [4.69, 9.17) is 23.2 Å². The number of benzene rings is 1. The van der Waals surface area contributed by atoms with Crippen molar-refractivity contribution in [1.82, 2.24) is 5.16 Å². The van der Waals surface area contributed by atoms with Crippen molar-refractivity contribution in [3.63, 3.8) is 0 Å². The molecule has 4 nitrogen and oxygen atoms in total. The molecule has 2 rings (SSSR count). The van der Waals surface area contributed by atoms with Gasteiger partial charge in [-0.15, -0.1) is 0 Å². The van der Waals surface area contributed by atoms with Crippen LogP contribution in [0.5, 0.6) is 0 Å². The lowest BCUT2D eigenvalue weighted by atomic mass is 10.2. The quantitative estimate of drug-likeness (QED) is 0.898. The van der Waals surface area contributed by atoms with Crippen molar-refractivity contribution in [1.29, 1.82) is 0 Å². The minimum atomic E-state index is -0.365. The van der Waals surface area contributed by atoms with Gasteiger partial charge in [0, 0.05) is 11.1 Å². The summed E-state index contributed by atoms with van der Waals surface area (Å²) in [6.07, 6.45) is 1.36. The normalized spacial score (nSPS) is 10.1. The van der Waals surface area contributed by atoms with E-state index in [9.17, 15) is 4.79 Å². The van der Waals surface area contributed by atoms with Crippen LogP contribution in [-0.2, 0) is 0 Å². The Morgan fingerprint density at radius 2 is 2.12 bits per heavy atom. The number of amides is 1. The Balaban J connectivity index is 2.21. The van der Waals surface area contributed by atoms with Gasteiger partial charge < -0.3 is 9.84 Å². The van der Waals surface area contributed by atoms with Gasteiger partial charge in [0.15, 0.2) is 5.82 Å². The summed E-state index contributed by atoms with van der Waals surface area (Å²) in [7, 11) is 0. The van der Waals surface area contributed by atoms with Gasteiger partial charge in [-0.3, -0.25) is 4.79 Å². The summed E-state index contributed by atoms with van der Waals surface area (Å²) in [6.45, 7) is 0. The second-order valence-corrected chi connectivity index (χ2v) is 3.81. The molecule has 0 spiro atoms. The second kappa shape index (κ2) is 4.55. The predicted molar refractivity (Wildman–Crippen MR) is 60.9 cm³/mol. The summed E-state index contributed by atoms with van der Waals surface area (Å²) in [4.78, 5) is 11.7. The topological polar surface area (TPSA) is 55.1 Å². The third kappa shape index (κ3) is 2.35. The van der Waals surface area contributed by atoms with E-state index >= 15 is 0 Å². The summed E-state index contributed by atoms with van der Waals surface area (Å²) in [5, 5.41) is 6.84. The van der Waals surface area contributed by atoms with Gasteiger partial charge in [-0.2, -0.15) is 0 Å². The van der Waals surface area contributed by atoms with Crippen LogP contribution < -0.4 is 5.32 Å². The lowest BCUT2D eigenvalue weighted by Gasteiger charge is -2.03. The molecular formula is C10H6Cl2N2O2. The lowest BCUT2D eigenvalue weighted by Crippen LogP contribution is -2.12. The fourth-order valence-corrected chi connectivity index (χ4v) is 1.63. The first-order valence-corrected chi connectivity index (χ1v) is 5.09. The maximum absolute atomic E-state index is 11.7. The summed E-state index contributed by atoms with van der Waals surface area (Å²) >= 11 is 11.6. The van der Waals surface area contributed by atoms with Crippen molar-refractivity contribution < 1.29 is 9.32 Å². The van der Waals surface area contributed by atoms with Crippen LogP contribution in [0, 0.1) is 0 Å². The number of nitrogens with zero attached hydrogens (tertiary/aromatic N) is 1. The summed E-state index contributed by atoms with van der Waals surface area (Å²) < 4.78 is 4.58. The molecule has 1 N–H and O–H groups in total. The highest BCUT2D eigenvalue weighted by molar-refractivity contribution is 6.37. The van der Waals surface area contributed by atoms with Crippen LogP contribution in [0.3, 0.4) is 0 Å². The molecule has 0 radical (unpaired) electrons. The van der Waals surface area contributed by atoms with Crippen LogP contribution in [-0.4, -0.2) is 11.1 Å². The molecule has 82 valence electrons. The fraction of sp³-hybridized carbons (Fsp3) is 0. The first-order valence-electron chi connectivity index (χ1n) is 4.33. The molecule has 0 aliphatic carbocycles. The van der Waals surface area contributed by atoms with Crippen LogP contribution in [0.1, 0.15) is 10.4 Å². The van der Waals surface area contributed by atoms with E-state index in [1.165, 1.54) is 18.4 Å². The molecule has 0 atom stereocenters. The molecule has 0 aliphatic heterocycles. The van der Waals surface area contributed by atoms with Crippen molar-refractivity contribution >= 4 is 34.9 Å². The molecule has 0 saturated carbocycles. The zero-order valence-electron chi connectivity index (χ0n) is 7.91. The summed E-state index contributed by atoms with van der Waals surface area (Å²) in [5.74, 6) is -0.0356. The van der Waals surface area contributed by atoms with E-state index < -0.39 is 0 Å². The number of carbonyl (C=O) groups excluding carboxylic acids is 1. The monoisotopic (exact) mass is 256 g/mol. The van der Waals surface area contributed by atoms with Gasteiger partial charge in [-0.05, 0) is 18.2 Å². The Labute approximate surface area is 101 Å². The second-order valence-electron chi connectivity index (χ2n) is 2.96. The molecule has 1 heterocycles. The van der Waals surface area contributed by atoms with E-state index in [0.717, 1.165) is 0 Å². The van der Waals surface area contributed by atoms with Crippen molar-refractivity contribution in [2.24, 2.45) is 0 Å². The summed E-state index contributed by atoms with van der Waals surface area (Å²) in [6, 6.07) is 6.16. The van der Waals surface area contributed by atoms with Crippen LogP contribution in [0.15, 0.2) is 35.1 Å². The molecule has 1 amide bonds. The number of hydrogen-bond donors (Lipinski definition) is 1. The van der Waals surface area contributed by atoms with Gasteiger partial charge in [0.05, 0.1) is 10.6 Å². The third-order valence-corrected chi connectivity index (χ3v) is 2.40. The highest BCUT2D eigenvalue weighted by Crippen LogP contribution is 2.21. The van der Waals surface area contributed by atoms with Gasteiger partial charge in [-0.1, -0.05) is 28.4 Å². The van der Waals surface area contributed by atoms with Crippen LogP contribution in [0.25, 0.3) is 0 Å². The van der Waals surface area contributed by atoms with Gasteiger partial charge in [0.2, 0.25) is 0 Å². The highest BCUT2D eigenvalue weighted by Gasteiger charge is 2.11. The zero-order chi connectivity index (χ0) is 11.5. The van der Waals surface area contributed by atoms with E-state index in [0.29, 0.717) is 16.4 Å². The summed E-state index contributed by atoms with van der Waals surface area (Å²) in [5.41, 5.74) is 0.328. The van der Waals surface area contributed by atoms with E-state index in [1.54, 1.807) is 12.1 Å². The first kappa shape index (κ1) is 11.0. The number of rotatable bonds is 2. The van der Waals surface area contributed by atoms with Gasteiger partial charge in [0.1, 0.15) is 6.26 Å². The van der Waals surface area contributed by atoms with E-state index in [1.807, 2.05) is 0 Å². The molecule has 16 heavy (non-hydrogen) atoms. The zero-order valence-corrected chi connectivity index (χ0v) is 9.42. The van der Waals surface area contributed by atoms with Gasteiger partial charge >= 0.3 is 0 Å². The molecule has 2 aromatic rings. The standard InChI is InChI=1S/C10H6Cl2N2O2/c11-6-1-2-7(8(12)5-6)10(15)13-9-3-4-16-14-9/h1-5H,(H,13,14,15). The smallest absolute Gasteiger partial charge is 0.258 e. The van der Waals surface area contributed by atoms with E-state index in [2.05, 4.69) is 15.0 Å². The molecule has 0 unspecified atom stereocenters. The Bertz CT molecular complexity index is 512. The highest BCUT2D eigenvalue weighted by atomic mass is 35.5. The SMILES string of the molecule is O=C(Nc1ccon1)c1ccc(Cl)cc1Cl. The van der Waals surface area contributed by atoms with Gasteiger partial charge in [-0.25, -0.2) is 0 Å². The van der Waals surface area contributed by atoms with Crippen molar-refractivity contribution in [3.8, 4) is 0 Å². The van der Waals surface area contributed by atoms with Crippen molar-refractivity contribution in [3.05, 3.63) is 46.1 Å². The minimum absolute atomic E-state index is 0.286. The number of hydrogen-bond acceptors (Lipinski definition) is 3. The first-order chi connectivity index (χ1) is 7.66. The molecule has 1 aromatic carbocycles. The number of halogens is 2. The third-order valence-electron chi connectivity index (χ3n) is 1.86. The van der Waals surface area contributed by atoms with Crippen LogP contribution >= 0.6 is 23.2 Å². The average molecular weight is 257 g/mol.